The first-order chi connectivity index (χ1) is 14.8. The minimum absolute atomic E-state index is 0.0174. The Morgan fingerprint density at radius 3 is 2.19 bits per heavy atom. The first-order valence-corrected chi connectivity index (χ1v) is 9.07. The fourth-order valence-corrected chi connectivity index (χ4v) is 2.56. The summed E-state index contributed by atoms with van der Waals surface area (Å²) < 4.78 is 75.4. The smallest absolute Gasteiger partial charge is 0.343 e. The summed E-state index contributed by atoms with van der Waals surface area (Å²) >= 11 is 0. The summed E-state index contributed by atoms with van der Waals surface area (Å²) in [6.45, 7) is -0.0565. The lowest BCUT2D eigenvalue weighted by Crippen LogP contribution is -2.33. The number of halogens is 6. The molecule has 2 rings (SSSR count). The van der Waals surface area contributed by atoms with Gasteiger partial charge in [0.1, 0.15) is 6.54 Å². The van der Waals surface area contributed by atoms with Crippen LogP contribution in [-0.4, -0.2) is 30.4 Å². The van der Waals surface area contributed by atoms with Crippen LogP contribution in [0.1, 0.15) is 39.6 Å². The maximum atomic E-state index is 12.8. The number of hydrogen-bond donors (Lipinski definition) is 3. The molecule has 0 radical (unpaired) electrons. The largest absolute Gasteiger partial charge is 0.416 e. The molecule has 0 aliphatic heterocycles. The van der Waals surface area contributed by atoms with E-state index >= 15 is 0 Å². The third kappa shape index (κ3) is 7.00. The third-order valence-electron chi connectivity index (χ3n) is 4.05. The van der Waals surface area contributed by atoms with Gasteiger partial charge in [-0.15, -0.1) is 0 Å². The van der Waals surface area contributed by atoms with Crippen LogP contribution in [0.15, 0.2) is 42.5 Å². The zero-order valence-electron chi connectivity index (χ0n) is 16.4. The monoisotopic (exact) mass is 461 g/mol. The van der Waals surface area contributed by atoms with Crippen molar-refractivity contribution >= 4 is 29.1 Å². The van der Waals surface area contributed by atoms with Crippen LogP contribution in [0.3, 0.4) is 0 Å². The summed E-state index contributed by atoms with van der Waals surface area (Å²) in [5.41, 5.74) is -1.68. The normalized spacial score (nSPS) is 11.6. The van der Waals surface area contributed by atoms with Crippen molar-refractivity contribution in [3.63, 3.8) is 0 Å². The summed E-state index contributed by atoms with van der Waals surface area (Å²) in [6.07, 6.45) is -9.25. The topological polar surface area (TPSA) is 87.3 Å². The number of hydrogen-bond acceptors (Lipinski definition) is 3. The molecule has 0 heterocycles. The number of benzene rings is 2. The maximum Gasteiger partial charge on any atom is 0.416 e. The first kappa shape index (κ1) is 24.7. The molecular weight excluding hydrogens is 444 g/mol. The number of amides is 3. The lowest BCUT2D eigenvalue weighted by Gasteiger charge is -2.14. The molecule has 0 aromatic heterocycles. The van der Waals surface area contributed by atoms with Gasteiger partial charge in [-0.2, -0.15) is 26.3 Å². The molecule has 0 saturated heterocycles. The SMILES string of the molecule is CCC(=O)c1ccc(C(=O)NCC(F)(F)F)cc1NC(=O)Nc1cccc(C(F)(F)F)c1. The van der Waals surface area contributed by atoms with Gasteiger partial charge in [0.25, 0.3) is 5.91 Å². The molecule has 0 saturated carbocycles. The van der Waals surface area contributed by atoms with E-state index in [1.165, 1.54) is 13.0 Å². The molecule has 32 heavy (non-hydrogen) atoms. The number of urea groups is 1. The van der Waals surface area contributed by atoms with Gasteiger partial charge in [0, 0.05) is 23.2 Å². The van der Waals surface area contributed by atoms with Crippen molar-refractivity contribution in [1.29, 1.82) is 0 Å². The van der Waals surface area contributed by atoms with Gasteiger partial charge in [-0.25, -0.2) is 4.79 Å². The van der Waals surface area contributed by atoms with E-state index in [1.807, 2.05) is 0 Å². The van der Waals surface area contributed by atoms with Gasteiger partial charge in [-0.05, 0) is 36.4 Å². The molecule has 6 nitrogen and oxygen atoms in total. The standard InChI is InChI=1S/C20H17F6N3O3/c1-2-16(30)14-7-6-11(17(31)27-10-19(21,22)23)8-15(14)29-18(32)28-13-5-3-4-12(9-13)20(24,25)26/h3-9H,2,10H2,1H3,(H,27,31)(H2,28,29,32). The third-order valence-corrected chi connectivity index (χ3v) is 4.05. The van der Waals surface area contributed by atoms with Crippen LogP contribution < -0.4 is 16.0 Å². The highest BCUT2D eigenvalue weighted by molar-refractivity contribution is 6.08. The van der Waals surface area contributed by atoms with E-state index in [2.05, 4.69) is 10.6 Å². The van der Waals surface area contributed by atoms with Crippen LogP contribution in [0.5, 0.6) is 0 Å². The quantitative estimate of drug-likeness (QED) is 0.407. The molecular formula is C20H17F6N3O3. The summed E-state index contributed by atoms with van der Waals surface area (Å²) in [5.74, 6) is -1.54. The van der Waals surface area contributed by atoms with Crippen molar-refractivity contribution in [2.24, 2.45) is 0 Å². The second kappa shape index (κ2) is 9.71. The Morgan fingerprint density at radius 2 is 1.59 bits per heavy atom. The van der Waals surface area contributed by atoms with Crippen LogP contribution in [0.4, 0.5) is 42.5 Å². The average Bonchev–Trinajstić information content (AvgIpc) is 2.70. The Labute approximate surface area is 178 Å². The van der Waals surface area contributed by atoms with Crippen LogP contribution in [0, 0.1) is 0 Å². The van der Waals surface area contributed by atoms with E-state index in [9.17, 15) is 40.7 Å². The number of nitrogens with one attached hydrogen (secondary N) is 3. The van der Waals surface area contributed by atoms with Crippen LogP contribution in [-0.2, 0) is 6.18 Å². The predicted octanol–water partition coefficient (Wildman–Crippen LogP) is 5.23. The Bertz CT molecular complexity index is 1020. The van der Waals surface area contributed by atoms with Gasteiger partial charge in [0.05, 0.1) is 11.3 Å². The number of anilines is 2. The molecule has 0 bridgehead atoms. The van der Waals surface area contributed by atoms with E-state index in [1.54, 1.807) is 5.32 Å². The Balaban J connectivity index is 2.25. The number of ketones is 1. The first-order valence-electron chi connectivity index (χ1n) is 9.07. The Kier molecular flexibility index (Phi) is 7.49. The summed E-state index contributed by atoms with van der Waals surface area (Å²) in [5, 5.41) is 6.07. The van der Waals surface area contributed by atoms with Gasteiger partial charge in [-0.1, -0.05) is 13.0 Å². The number of carbonyl (C=O) groups excluding carboxylic acids is 3. The van der Waals surface area contributed by atoms with Crippen molar-refractivity contribution in [1.82, 2.24) is 5.32 Å². The van der Waals surface area contributed by atoms with Gasteiger partial charge >= 0.3 is 18.4 Å². The molecule has 172 valence electrons. The highest BCUT2D eigenvalue weighted by Crippen LogP contribution is 2.30. The molecule has 2 aromatic rings. The molecule has 0 spiro atoms. The second-order valence-electron chi connectivity index (χ2n) is 6.49. The zero-order valence-corrected chi connectivity index (χ0v) is 16.4. The van der Waals surface area contributed by atoms with E-state index in [-0.39, 0.29) is 28.9 Å². The molecule has 0 atom stereocenters. The highest BCUT2D eigenvalue weighted by atomic mass is 19.4. The summed E-state index contributed by atoms with van der Waals surface area (Å²) in [6, 6.07) is 6.04. The van der Waals surface area contributed by atoms with Crippen LogP contribution in [0.2, 0.25) is 0 Å². The van der Waals surface area contributed by atoms with Crippen molar-refractivity contribution in [2.75, 3.05) is 17.2 Å². The molecule has 0 unspecified atom stereocenters. The zero-order chi connectivity index (χ0) is 24.1. The number of carbonyl (C=O) groups is 3. The average molecular weight is 461 g/mol. The van der Waals surface area contributed by atoms with Crippen molar-refractivity contribution in [3.8, 4) is 0 Å². The molecule has 3 N–H and O–H groups in total. The lowest BCUT2D eigenvalue weighted by molar-refractivity contribution is -0.137. The number of alkyl halides is 6. The molecule has 0 aliphatic rings. The van der Waals surface area contributed by atoms with Crippen molar-refractivity contribution in [2.45, 2.75) is 25.7 Å². The van der Waals surface area contributed by atoms with Crippen molar-refractivity contribution < 1.29 is 40.7 Å². The molecule has 0 aliphatic carbocycles. The summed E-state index contributed by atoms with van der Waals surface area (Å²) in [7, 11) is 0. The molecule has 3 amide bonds. The Morgan fingerprint density at radius 1 is 0.906 bits per heavy atom. The van der Waals surface area contributed by atoms with Gasteiger partial charge < -0.3 is 16.0 Å². The van der Waals surface area contributed by atoms with Crippen molar-refractivity contribution in [3.05, 3.63) is 59.2 Å². The lowest BCUT2D eigenvalue weighted by atomic mass is 10.0. The highest BCUT2D eigenvalue weighted by Gasteiger charge is 2.30. The van der Waals surface area contributed by atoms with Gasteiger partial charge in [-0.3, -0.25) is 9.59 Å². The van der Waals surface area contributed by atoms with Crippen LogP contribution in [0.25, 0.3) is 0 Å². The van der Waals surface area contributed by atoms with Gasteiger partial charge in [0.15, 0.2) is 5.78 Å². The number of rotatable bonds is 6. The predicted molar refractivity (Wildman–Crippen MR) is 104 cm³/mol. The second-order valence-corrected chi connectivity index (χ2v) is 6.49. The molecule has 0 fully saturated rings. The summed E-state index contributed by atoms with van der Waals surface area (Å²) in [4.78, 5) is 36.4. The Hall–Kier alpha value is -3.57. The van der Waals surface area contributed by atoms with Gasteiger partial charge in [0.2, 0.25) is 0 Å². The molecule has 2 aromatic carbocycles. The fraction of sp³-hybridized carbons (Fsp3) is 0.250. The van der Waals surface area contributed by atoms with E-state index < -0.39 is 42.2 Å². The minimum Gasteiger partial charge on any atom is -0.343 e. The van der Waals surface area contributed by atoms with E-state index in [4.69, 9.17) is 0 Å². The maximum absolute atomic E-state index is 12.8. The minimum atomic E-state index is -4.64. The number of Topliss-reactive ketones (excluding diaryl/α,β-unsaturated/α-hetero) is 1. The fourth-order valence-electron chi connectivity index (χ4n) is 2.56. The van der Waals surface area contributed by atoms with E-state index in [0.717, 1.165) is 30.3 Å². The van der Waals surface area contributed by atoms with Crippen LogP contribution >= 0.6 is 0 Å². The van der Waals surface area contributed by atoms with E-state index in [0.29, 0.717) is 6.07 Å². The molecule has 12 heteroatoms.